The average Bonchev–Trinajstić information content (AvgIpc) is 3.54. The number of nitriles is 1. The van der Waals surface area contributed by atoms with Gasteiger partial charge in [0.05, 0.1) is 28.0 Å². The molecule has 14 nitrogen and oxygen atoms in total. The second-order valence-electron chi connectivity index (χ2n) is 16.7. The number of halogens is 1. The smallest absolute Gasteiger partial charge is 0.272 e. The van der Waals surface area contributed by atoms with Gasteiger partial charge >= 0.3 is 0 Å². The van der Waals surface area contributed by atoms with Crippen LogP contribution in [-0.4, -0.2) is 95.9 Å². The summed E-state index contributed by atoms with van der Waals surface area (Å²) in [6.45, 7) is 6.86. The van der Waals surface area contributed by atoms with Crippen molar-refractivity contribution >= 4 is 62.6 Å². The van der Waals surface area contributed by atoms with Crippen molar-refractivity contribution in [2.45, 2.75) is 56.6 Å². The molecule has 2 unspecified atom stereocenters. The summed E-state index contributed by atoms with van der Waals surface area (Å²) in [6.07, 6.45) is 3.95. The van der Waals surface area contributed by atoms with Crippen molar-refractivity contribution in [1.82, 2.24) is 30.9 Å². The first-order valence-corrected chi connectivity index (χ1v) is 21.1. The van der Waals surface area contributed by atoms with E-state index < -0.39 is 5.92 Å². The summed E-state index contributed by atoms with van der Waals surface area (Å²) in [4.78, 5) is 45.0. The normalized spacial score (nSPS) is 25.8. The summed E-state index contributed by atoms with van der Waals surface area (Å²) < 4.78 is 11.8. The van der Waals surface area contributed by atoms with Gasteiger partial charge in [-0.3, -0.25) is 24.6 Å². The fourth-order valence-corrected chi connectivity index (χ4v) is 10.1. The van der Waals surface area contributed by atoms with E-state index in [2.05, 4.69) is 71.0 Å². The number of nitrogens with zero attached hydrogens (tertiary/aromatic N) is 7. The zero-order valence-electron chi connectivity index (χ0n) is 32.5. The van der Waals surface area contributed by atoms with Crippen LogP contribution in [0.5, 0.6) is 5.75 Å². The number of benzene rings is 3. The maximum absolute atomic E-state index is 13.1. The third-order valence-electron chi connectivity index (χ3n) is 13.2. The molecule has 0 spiro atoms. The number of piperazine rings is 1. The van der Waals surface area contributed by atoms with Crippen LogP contribution in [0.1, 0.15) is 66.2 Å². The van der Waals surface area contributed by atoms with Crippen molar-refractivity contribution < 1.29 is 23.6 Å². The van der Waals surface area contributed by atoms with Crippen LogP contribution >= 0.6 is 11.6 Å². The van der Waals surface area contributed by atoms with Crippen molar-refractivity contribution in [3.05, 3.63) is 82.6 Å². The van der Waals surface area contributed by atoms with Crippen LogP contribution < -0.4 is 25.2 Å². The maximum Gasteiger partial charge on any atom is 0.272 e. The summed E-state index contributed by atoms with van der Waals surface area (Å²) in [7, 11) is 0. The first-order chi connectivity index (χ1) is 28.8. The van der Waals surface area contributed by atoms with E-state index in [9.17, 15) is 14.4 Å². The zero-order chi connectivity index (χ0) is 40.2. The molecule has 5 heterocycles. The molecule has 2 saturated carbocycles. The lowest BCUT2D eigenvalue weighted by Gasteiger charge is -2.37. The lowest BCUT2D eigenvalue weighted by molar-refractivity contribution is -0.134. The SMILES string of the molecule is N#Cc1ccc(O[C@H]2CC[C@H](NC(=O)c3ccc(N4C[C@@H]5C(CN6CCN(c7cccc8c7ccc7onc(C9CCC(=O)NC9=O)c78)CC6)[C@@H]5C4)nn3)CC2)cc1Cl. The highest BCUT2D eigenvalue weighted by atomic mass is 35.5. The minimum absolute atomic E-state index is 0.0311. The molecule has 5 aromatic rings. The Balaban J connectivity index is 0.686. The number of amides is 3. The molecule has 3 aromatic carbocycles. The Morgan fingerprint density at radius 1 is 0.932 bits per heavy atom. The molecular formula is C44H44ClN9O5. The highest BCUT2D eigenvalue weighted by Crippen LogP contribution is 2.52. The lowest BCUT2D eigenvalue weighted by atomic mass is 9.91. The molecule has 2 aromatic heterocycles. The number of anilines is 2. The summed E-state index contributed by atoms with van der Waals surface area (Å²) in [5.41, 5.74) is 3.17. The van der Waals surface area contributed by atoms with E-state index in [1.54, 1.807) is 24.3 Å². The first-order valence-electron chi connectivity index (χ1n) is 20.7. The van der Waals surface area contributed by atoms with Crippen molar-refractivity contribution in [2.75, 3.05) is 55.6 Å². The molecule has 0 bridgehead atoms. The van der Waals surface area contributed by atoms with E-state index in [1.807, 2.05) is 12.1 Å². The molecule has 4 atom stereocenters. The predicted molar refractivity (Wildman–Crippen MR) is 220 cm³/mol. The Bertz CT molecular complexity index is 2480. The van der Waals surface area contributed by atoms with Gasteiger partial charge in [0.1, 0.15) is 17.5 Å². The number of aromatic nitrogens is 3. The largest absolute Gasteiger partial charge is 0.490 e. The number of fused-ring (bicyclic) bond motifs is 4. The van der Waals surface area contributed by atoms with Gasteiger partial charge < -0.3 is 24.4 Å². The number of ether oxygens (including phenoxy) is 1. The van der Waals surface area contributed by atoms with Crippen LogP contribution in [0.3, 0.4) is 0 Å². The molecule has 3 saturated heterocycles. The number of carbonyl (C=O) groups is 3. The molecule has 5 fully saturated rings. The van der Waals surface area contributed by atoms with E-state index >= 15 is 0 Å². The predicted octanol–water partition coefficient (Wildman–Crippen LogP) is 5.44. The van der Waals surface area contributed by atoms with E-state index in [-0.39, 0.29) is 36.3 Å². The number of hydrogen-bond donors (Lipinski definition) is 2. The highest BCUT2D eigenvalue weighted by molar-refractivity contribution is 6.31. The van der Waals surface area contributed by atoms with Gasteiger partial charge in [0.2, 0.25) is 11.8 Å². The lowest BCUT2D eigenvalue weighted by Crippen LogP contribution is -2.47. The van der Waals surface area contributed by atoms with Gasteiger partial charge in [0.25, 0.3) is 5.91 Å². The quantitative estimate of drug-likeness (QED) is 0.181. The third-order valence-corrected chi connectivity index (χ3v) is 13.5. The first kappa shape index (κ1) is 37.5. The monoisotopic (exact) mass is 813 g/mol. The van der Waals surface area contributed by atoms with Gasteiger partial charge in [-0.05, 0) is 97.7 Å². The Morgan fingerprint density at radius 2 is 1.75 bits per heavy atom. The molecule has 10 rings (SSSR count). The zero-order valence-corrected chi connectivity index (χ0v) is 33.2. The topological polar surface area (TPSA) is 170 Å². The maximum atomic E-state index is 13.1. The number of imide groups is 1. The van der Waals surface area contributed by atoms with Crippen molar-refractivity contribution in [3.8, 4) is 11.8 Å². The number of carbonyl (C=O) groups excluding carboxylic acids is 3. The van der Waals surface area contributed by atoms with Gasteiger partial charge in [-0.15, -0.1) is 10.2 Å². The van der Waals surface area contributed by atoms with Crippen LogP contribution in [0.15, 0.2) is 65.2 Å². The minimum Gasteiger partial charge on any atom is -0.490 e. The summed E-state index contributed by atoms with van der Waals surface area (Å²) in [5.74, 6) is 2.17. The Labute approximate surface area is 345 Å². The van der Waals surface area contributed by atoms with Crippen molar-refractivity contribution in [2.24, 2.45) is 17.8 Å². The fourth-order valence-electron chi connectivity index (χ4n) is 9.90. The van der Waals surface area contributed by atoms with E-state index in [1.165, 1.54) is 5.69 Å². The summed E-state index contributed by atoms with van der Waals surface area (Å²) in [5, 5.41) is 31.1. The molecule has 3 amide bonds. The van der Waals surface area contributed by atoms with E-state index in [0.29, 0.717) is 57.5 Å². The fraction of sp³-hybridized carbons (Fsp3) is 0.432. The third kappa shape index (κ3) is 7.31. The average molecular weight is 814 g/mol. The van der Waals surface area contributed by atoms with Gasteiger partial charge in [0, 0.05) is 75.4 Å². The van der Waals surface area contributed by atoms with Crippen LogP contribution in [0, 0.1) is 29.1 Å². The van der Waals surface area contributed by atoms with E-state index in [0.717, 1.165) is 93.5 Å². The van der Waals surface area contributed by atoms with Crippen LogP contribution in [0.25, 0.3) is 21.7 Å². The van der Waals surface area contributed by atoms with Gasteiger partial charge in [-0.1, -0.05) is 28.9 Å². The minimum atomic E-state index is -0.513. The van der Waals surface area contributed by atoms with Crippen molar-refractivity contribution in [3.63, 3.8) is 0 Å². The Hall–Kier alpha value is -5.78. The summed E-state index contributed by atoms with van der Waals surface area (Å²) in [6, 6.07) is 21.3. The number of piperidine rings is 2. The molecule has 302 valence electrons. The Kier molecular flexibility index (Phi) is 9.81. The van der Waals surface area contributed by atoms with Gasteiger partial charge in [-0.25, -0.2) is 0 Å². The van der Waals surface area contributed by atoms with Crippen LogP contribution in [0.2, 0.25) is 5.02 Å². The molecule has 2 N–H and O–H groups in total. The molecule has 0 radical (unpaired) electrons. The van der Waals surface area contributed by atoms with Crippen molar-refractivity contribution in [1.29, 1.82) is 5.26 Å². The number of hydrogen-bond acceptors (Lipinski definition) is 12. The highest BCUT2D eigenvalue weighted by Gasteiger charge is 2.56. The van der Waals surface area contributed by atoms with E-state index in [4.69, 9.17) is 26.1 Å². The molecule has 3 aliphatic heterocycles. The molecule has 15 heteroatoms. The number of rotatable bonds is 9. The second-order valence-corrected chi connectivity index (χ2v) is 17.1. The Morgan fingerprint density at radius 3 is 2.47 bits per heavy atom. The molecule has 5 aliphatic rings. The number of nitrogens with one attached hydrogen (secondary N) is 2. The van der Waals surface area contributed by atoms with Crippen LogP contribution in [-0.2, 0) is 9.59 Å². The molecular weight excluding hydrogens is 770 g/mol. The second kappa shape index (κ2) is 15.4. The van der Waals surface area contributed by atoms with Gasteiger partial charge in [0.15, 0.2) is 17.1 Å². The molecule has 59 heavy (non-hydrogen) atoms. The summed E-state index contributed by atoms with van der Waals surface area (Å²) >= 11 is 6.16. The standard InChI is InChI=1S/C44H44ClN9O5/c45-35-20-28(7-4-25(35)21-46)58-27-8-5-26(6-9-27)47-44(57)36-12-14-39(50-49-36)54-23-33-32(34(33)24-54)22-52-16-18-53(19-17-52)37-3-1-2-30-29(37)10-13-38-41(30)42(51-59-38)31-11-15-40(55)48-43(31)56/h1-4,7,10,12-14,20,26-27,31-34H,5-6,8-9,11,15-19,22-24H2,(H,47,57)(H,48,55,56)/t26-,27-,31?,32?,33-,34+. The molecule has 2 aliphatic carbocycles. The van der Waals surface area contributed by atoms with Gasteiger partial charge in [-0.2, -0.15) is 5.26 Å². The van der Waals surface area contributed by atoms with Crippen LogP contribution in [0.4, 0.5) is 11.5 Å².